The zero-order valence-electron chi connectivity index (χ0n) is 9.93. The van der Waals surface area contributed by atoms with Crippen molar-refractivity contribution >= 4 is 11.9 Å². The Morgan fingerprint density at radius 1 is 1.24 bits per heavy atom. The van der Waals surface area contributed by atoms with Crippen LogP contribution in [0.15, 0.2) is 0 Å². The lowest BCUT2D eigenvalue weighted by Crippen LogP contribution is -2.42. The van der Waals surface area contributed by atoms with E-state index in [1.54, 1.807) is 0 Å². The molecule has 0 bridgehead atoms. The van der Waals surface area contributed by atoms with Crippen molar-refractivity contribution in [3.8, 4) is 0 Å². The van der Waals surface area contributed by atoms with Gasteiger partial charge in [0.1, 0.15) is 0 Å². The number of nitrogens with zero attached hydrogens (tertiary/aromatic N) is 1. The van der Waals surface area contributed by atoms with Crippen LogP contribution >= 0.6 is 0 Å². The van der Waals surface area contributed by atoms with E-state index < -0.39 is 5.97 Å². The lowest BCUT2D eigenvalue weighted by Gasteiger charge is -2.32. The molecule has 0 radical (unpaired) electrons. The number of hydrogen-bond donors (Lipinski definition) is 1. The van der Waals surface area contributed by atoms with Crippen LogP contribution in [0.4, 0.5) is 0 Å². The molecule has 0 spiro atoms. The number of carbonyl (C=O) groups is 2. The molecule has 1 amide bonds. The summed E-state index contributed by atoms with van der Waals surface area (Å²) >= 11 is 0. The Kier molecular flexibility index (Phi) is 3.99. The molecule has 2 aliphatic rings. The first kappa shape index (κ1) is 12.4. The molecule has 17 heavy (non-hydrogen) atoms. The van der Waals surface area contributed by atoms with Gasteiger partial charge in [0.25, 0.3) is 0 Å². The maximum atomic E-state index is 12.1. The average Bonchev–Trinajstić information content (AvgIpc) is 2.82. The van der Waals surface area contributed by atoms with E-state index in [1.165, 1.54) is 0 Å². The van der Waals surface area contributed by atoms with E-state index in [-0.39, 0.29) is 24.2 Å². The van der Waals surface area contributed by atoms with Crippen LogP contribution in [0.1, 0.15) is 25.7 Å². The van der Waals surface area contributed by atoms with E-state index >= 15 is 0 Å². The van der Waals surface area contributed by atoms with Gasteiger partial charge in [0.2, 0.25) is 5.91 Å². The van der Waals surface area contributed by atoms with Crippen LogP contribution in [0.25, 0.3) is 0 Å². The van der Waals surface area contributed by atoms with Crippen LogP contribution in [0.3, 0.4) is 0 Å². The molecule has 0 aromatic rings. The van der Waals surface area contributed by atoms with Gasteiger partial charge in [-0.05, 0) is 25.2 Å². The highest BCUT2D eigenvalue weighted by atomic mass is 16.5. The molecular weight excluding hydrogens is 222 g/mol. The molecule has 0 saturated carbocycles. The number of hydrogen-bond acceptors (Lipinski definition) is 3. The van der Waals surface area contributed by atoms with Crippen LogP contribution in [-0.2, 0) is 14.3 Å². The first-order valence-electron chi connectivity index (χ1n) is 6.25. The van der Waals surface area contributed by atoms with E-state index in [1.807, 2.05) is 4.90 Å². The minimum Gasteiger partial charge on any atom is -0.481 e. The number of carbonyl (C=O) groups excluding carboxylic acids is 1. The second-order valence-electron chi connectivity index (χ2n) is 4.93. The maximum Gasteiger partial charge on any atom is 0.303 e. The summed E-state index contributed by atoms with van der Waals surface area (Å²) in [6.07, 6.45) is 2.68. The molecule has 0 unspecified atom stereocenters. The topological polar surface area (TPSA) is 66.8 Å². The number of ether oxygens (including phenoxy) is 1. The highest BCUT2D eigenvalue weighted by molar-refractivity contribution is 5.79. The quantitative estimate of drug-likeness (QED) is 0.791. The standard InChI is InChI=1S/C12H19NO4/c14-11(15)7-9-1-4-13(5-2-9)12(16)10-3-6-17-8-10/h9-10H,1-8H2,(H,14,15)/t10-/m0/s1. The van der Waals surface area contributed by atoms with Crippen molar-refractivity contribution in [1.82, 2.24) is 4.90 Å². The highest BCUT2D eigenvalue weighted by Gasteiger charge is 2.30. The summed E-state index contributed by atoms with van der Waals surface area (Å²) in [4.78, 5) is 24.5. The van der Waals surface area contributed by atoms with Gasteiger partial charge in [0.05, 0.1) is 12.5 Å². The molecule has 2 saturated heterocycles. The Hall–Kier alpha value is -1.10. The van der Waals surface area contributed by atoms with Crippen molar-refractivity contribution in [2.24, 2.45) is 11.8 Å². The summed E-state index contributed by atoms with van der Waals surface area (Å²) in [5.74, 6) is -0.280. The predicted molar refractivity (Wildman–Crippen MR) is 60.5 cm³/mol. The fourth-order valence-corrected chi connectivity index (χ4v) is 2.59. The highest BCUT2D eigenvalue weighted by Crippen LogP contribution is 2.23. The molecule has 1 N–H and O–H groups in total. The van der Waals surface area contributed by atoms with Crippen LogP contribution < -0.4 is 0 Å². The number of rotatable bonds is 3. The second kappa shape index (κ2) is 5.49. The van der Waals surface area contributed by atoms with Crippen LogP contribution in [0.2, 0.25) is 0 Å². The number of aliphatic carboxylic acids is 1. The van der Waals surface area contributed by atoms with Crippen LogP contribution in [0.5, 0.6) is 0 Å². The first-order chi connectivity index (χ1) is 8.16. The largest absolute Gasteiger partial charge is 0.481 e. The van der Waals surface area contributed by atoms with Gasteiger partial charge >= 0.3 is 5.97 Å². The summed E-state index contributed by atoms with van der Waals surface area (Å²) in [7, 11) is 0. The minimum absolute atomic E-state index is 0.0334. The number of carboxylic acid groups (broad SMARTS) is 1. The number of piperidine rings is 1. The van der Waals surface area contributed by atoms with Gasteiger partial charge in [-0.25, -0.2) is 0 Å². The number of carboxylic acids is 1. The van der Waals surface area contributed by atoms with Crippen molar-refractivity contribution in [2.75, 3.05) is 26.3 Å². The summed E-state index contributed by atoms with van der Waals surface area (Å²) in [5.41, 5.74) is 0. The summed E-state index contributed by atoms with van der Waals surface area (Å²) < 4.78 is 5.22. The minimum atomic E-state index is -0.737. The maximum absolute atomic E-state index is 12.1. The smallest absolute Gasteiger partial charge is 0.303 e. The van der Waals surface area contributed by atoms with Crippen molar-refractivity contribution < 1.29 is 19.4 Å². The lowest BCUT2D eigenvalue weighted by atomic mass is 9.93. The normalized spacial score (nSPS) is 26.1. The van der Waals surface area contributed by atoms with Gasteiger partial charge < -0.3 is 14.7 Å². The van der Waals surface area contributed by atoms with Crippen molar-refractivity contribution in [3.63, 3.8) is 0 Å². The molecule has 2 fully saturated rings. The Labute approximate surface area is 101 Å². The van der Waals surface area contributed by atoms with E-state index in [2.05, 4.69) is 0 Å². The van der Waals surface area contributed by atoms with Gasteiger partial charge in [-0.2, -0.15) is 0 Å². The van der Waals surface area contributed by atoms with Gasteiger partial charge in [0.15, 0.2) is 0 Å². The zero-order chi connectivity index (χ0) is 12.3. The summed E-state index contributed by atoms with van der Waals surface area (Å²) in [5, 5.41) is 8.72. The number of amides is 1. The van der Waals surface area contributed by atoms with Gasteiger partial charge in [-0.1, -0.05) is 0 Å². The Balaban J connectivity index is 1.78. The van der Waals surface area contributed by atoms with Gasteiger partial charge in [0, 0.05) is 26.1 Å². The molecule has 2 aliphatic heterocycles. The van der Waals surface area contributed by atoms with Crippen LogP contribution in [0, 0.1) is 11.8 Å². The Bertz CT molecular complexity index is 291. The summed E-state index contributed by atoms with van der Waals surface area (Å²) in [6.45, 7) is 2.64. The molecular formula is C12H19NO4. The molecule has 5 nitrogen and oxygen atoms in total. The van der Waals surface area contributed by atoms with Gasteiger partial charge in [-0.3, -0.25) is 9.59 Å². The summed E-state index contributed by atoms with van der Waals surface area (Å²) in [6, 6.07) is 0. The molecule has 0 aliphatic carbocycles. The third kappa shape index (κ3) is 3.19. The first-order valence-corrected chi connectivity index (χ1v) is 6.25. The Morgan fingerprint density at radius 3 is 2.47 bits per heavy atom. The van der Waals surface area contributed by atoms with E-state index in [9.17, 15) is 9.59 Å². The molecule has 0 aromatic carbocycles. The fourth-order valence-electron chi connectivity index (χ4n) is 2.59. The third-order valence-corrected chi connectivity index (χ3v) is 3.67. The van der Waals surface area contributed by atoms with Crippen LogP contribution in [-0.4, -0.2) is 48.2 Å². The fraction of sp³-hybridized carbons (Fsp3) is 0.833. The molecule has 1 atom stereocenters. The molecule has 96 valence electrons. The van der Waals surface area contributed by atoms with E-state index in [0.717, 1.165) is 19.3 Å². The SMILES string of the molecule is O=C(O)CC1CCN(C(=O)[C@H]2CCOC2)CC1. The monoisotopic (exact) mass is 241 g/mol. The predicted octanol–water partition coefficient (Wildman–Crippen LogP) is 0.736. The van der Waals surface area contributed by atoms with Gasteiger partial charge in [-0.15, -0.1) is 0 Å². The Morgan fingerprint density at radius 2 is 1.94 bits per heavy atom. The van der Waals surface area contributed by atoms with Crippen molar-refractivity contribution in [2.45, 2.75) is 25.7 Å². The second-order valence-corrected chi connectivity index (χ2v) is 4.93. The van der Waals surface area contributed by atoms with Crippen molar-refractivity contribution in [3.05, 3.63) is 0 Å². The molecule has 5 heteroatoms. The lowest BCUT2D eigenvalue weighted by molar-refractivity contribution is -0.139. The zero-order valence-corrected chi connectivity index (χ0v) is 9.93. The third-order valence-electron chi connectivity index (χ3n) is 3.67. The van der Waals surface area contributed by atoms with E-state index in [4.69, 9.17) is 9.84 Å². The van der Waals surface area contributed by atoms with E-state index in [0.29, 0.717) is 26.3 Å². The molecule has 0 aromatic heterocycles. The number of likely N-dealkylation sites (tertiary alicyclic amines) is 1. The average molecular weight is 241 g/mol. The molecule has 2 rings (SSSR count). The van der Waals surface area contributed by atoms with Crippen molar-refractivity contribution in [1.29, 1.82) is 0 Å². The molecule has 2 heterocycles.